The Bertz CT molecular complexity index is 763. The van der Waals surface area contributed by atoms with Crippen LogP contribution in [0.2, 0.25) is 0 Å². The molecule has 1 aromatic carbocycles. The van der Waals surface area contributed by atoms with Crippen LogP contribution in [0.3, 0.4) is 0 Å². The van der Waals surface area contributed by atoms with Crippen LogP contribution in [-0.2, 0) is 16.0 Å². The first-order chi connectivity index (χ1) is 13.3. The van der Waals surface area contributed by atoms with Gasteiger partial charge in [0.25, 0.3) is 0 Å². The summed E-state index contributed by atoms with van der Waals surface area (Å²) in [5.41, 5.74) is 2.76. The summed E-state index contributed by atoms with van der Waals surface area (Å²) < 4.78 is 5.39. The fraction of sp³-hybridized carbons (Fsp3) is 0.600. The van der Waals surface area contributed by atoms with Crippen molar-refractivity contribution in [2.24, 2.45) is 5.92 Å². The van der Waals surface area contributed by atoms with Crippen molar-refractivity contribution in [3.05, 3.63) is 24.0 Å². The summed E-state index contributed by atoms with van der Waals surface area (Å²) in [4.78, 5) is 22.7. The fourth-order valence-corrected chi connectivity index (χ4v) is 3.87. The summed E-state index contributed by atoms with van der Waals surface area (Å²) in [6, 6.07) is 5.89. The smallest absolute Gasteiger partial charge is 0.224 e. The number of hydrogen-bond donors (Lipinski definition) is 3. The molecule has 27 heavy (non-hydrogen) atoms. The zero-order valence-corrected chi connectivity index (χ0v) is 15.8. The Morgan fingerprint density at radius 3 is 3.04 bits per heavy atom. The van der Waals surface area contributed by atoms with Gasteiger partial charge < -0.3 is 20.4 Å². The number of anilines is 1. The molecular formula is C20H29N5O2. The average Bonchev–Trinajstić information content (AvgIpc) is 3.34. The standard InChI is InChI=1S/C20H29N5O2/c26-20(4-1-15-5-7-21-14-15)22-16-2-3-17-18(13-16)24-19(23-17)6-8-25-9-11-27-12-10-25/h2-3,13,15,21H,1,4-12,14H2,(H,22,26)(H,23,24). The number of imidazole rings is 1. The number of morpholine rings is 1. The van der Waals surface area contributed by atoms with E-state index in [4.69, 9.17) is 4.74 Å². The second-order valence-electron chi connectivity index (χ2n) is 7.57. The minimum atomic E-state index is 0.0910. The van der Waals surface area contributed by atoms with Gasteiger partial charge in [0.15, 0.2) is 0 Å². The number of carbonyl (C=O) groups excluding carboxylic acids is 1. The van der Waals surface area contributed by atoms with Crippen LogP contribution in [0, 0.1) is 5.92 Å². The first-order valence-electron chi connectivity index (χ1n) is 10.1. The van der Waals surface area contributed by atoms with Gasteiger partial charge in [-0.1, -0.05) is 0 Å². The number of fused-ring (bicyclic) bond motifs is 1. The molecule has 0 aliphatic carbocycles. The van der Waals surface area contributed by atoms with Crippen LogP contribution in [-0.4, -0.2) is 66.7 Å². The monoisotopic (exact) mass is 371 g/mol. The lowest BCUT2D eigenvalue weighted by Gasteiger charge is -2.25. The number of nitrogens with one attached hydrogen (secondary N) is 3. The molecule has 146 valence electrons. The van der Waals surface area contributed by atoms with Gasteiger partial charge in [0.05, 0.1) is 24.2 Å². The minimum absolute atomic E-state index is 0.0910. The molecule has 0 spiro atoms. The van der Waals surface area contributed by atoms with Gasteiger partial charge in [-0.05, 0) is 50.0 Å². The van der Waals surface area contributed by atoms with E-state index < -0.39 is 0 Å². The van der Waals surface area contributed by atoms with Gasteiger partial charge in [0, 0.05) is 38.2 Å². The van der Waals surface area contributed by atoms with E-state index in [9.17, 15) is 4.79 Å². The fourth-order valence-electron chi connectivity index (χ4n) is 3.87. The number of aromatic nitrogens is 2. The number of nitrogens with zero attached hydrogens (tertiary/aromatic N) is 2. The van der Waals surface area contributed by atoms with E-state index in [0.717, 1.165) is 81.3 Å². The number of aromatic amines is 1. The Hall–Kier alpha value is -1.96. The maximum absolute atomic E-state index is 12.2. The zero-order chi connectivity index (χ0) is 18.5. The van der Waals surface area contributed by atoms with Crippen molar-refractivity contribution >= 4 is 22.6 Å². The Balaban J connectivity index is 1.30. The lowest BCUT2D eigenvalue weighted by Crippen LogP contribution is -2.37. The van der Waals surface area contributed by atoms with Gasteiger partial charge in [-0.2, -0.15) is 0 Å². The van der Waals surface area contributed by atoms with Gasteiger partial charge in [0.1, 0.15) is 5.82 Å². The highest BCUT2D eigenvalue weighted by molar-refractivity contribution is 5.93. The van der Waals surface area contributed by atoms with Crippen LogP contribution in [0.1, 0.15) is 25.1 Å². The molecule has 0 saturated carbocycles. The zero-order valence-electron chi connectivity index (χ0n) is 15.8. The predicted molar refractivity (Wildman–Crippen MR) is 106 cm³/mol. The third kappa shape index (κ3) is 5.06. The number of hydrogen-bond acceptors (Lipinski definition) is 5. The SMILES string of the molecule is O=C(CCC1CCNC1)Nc1ccc2nc(CCN3CCOCC3)[nH]c2c1. The first kappa shape index (κ1) is 18.4. The van der Waals surface area contributed by atoms with Gasteiger partial charge in [0.2, 0.25) is 5.91 Å². The summed E-state index contributed by atoms with van der Waals surface area (Å²) >= 11 is 0. The van der Waals surface area contributed by atoms with E-state index in [1.54, 1.807) is 0 Å². The van der Waals surface area contributed by atoms with Crippen molar-refractivity contribution in [1.29, 1.82) is 0 Å². The topological polar surface area (TPSA) is 82.3 Å². The average molecular weight is 371 g/mol. The van der Waals surface area contributed by atoms with Crippen molar-refractivity contribution in [2.75, 3.05) is 51.3 Å². The van der Waals surface area contributed by atoms with E-state index in [1.807, 2.05) is 18.2 Å². The number of carbonyl (C=O) groups is 1. The number of H-pyrrole nitrogens is 1. The van der Waals surface area contributed by atoms with Gasteiger partial charge in [-0.25, -0.2) is 4.98 Å². The molecule has 1 unspecified atom stereocenters. The van der Waals surface area contributed by atoms with Crippen LogP contribution in [0.25, 0.3) is 11.0 Å². The number of ether oxygens (including phenoxy) is 1. The van der Waals surface area contributed by atoms with Crippen molar-refractivity contribution in [3.63, 3.8) is 0 Å². The molecule has 2 aliphatic rings. The molecule has 2 aliphatic heterocycles. The van der Waals surface area contributed by atoms with Gasteiger partial charge in [-0.15, -0.1) is 0 Å². The predicted octanol–water partition coefficient (Wildman–Crippen LogP) is 1.77. The molecule has 2 fully saturated rings. The Kier molecular flexibility index (Phi) is 6.01. The van der Waals surface area contributed by atoms with Gasteiger partial charge in [-0.3, -0.25) is 9.69 Å². The third-order valence-electron chi connectivity index (χ3n) is 5.53. The number of amides is 1. The summed E-state index contributed by atoms with van der Waals surface area (Å²) in [6.07, 6.45) is 3.61. The van der Waals surface area contributed by atoms with E-state index in [-0.39, 0.29) is 5.91 Å². The molecule has 2 saturated heterocycles. The summed E-state index contributed by atoms with van der Waals surface area (Å²) in [5.74, 6) is 1.72. The Labute approximate surface area is 159 Å². The van der Waals surface area contributed by atoms with Gasteiger partial charge >= 0.3 is 0 Å². The van der Waals surface area contributed by atoms with Crippen LogP contribution >= 0.6 is 0 Å². The third-order valence-corrected chi connectivity index (χ3v) is 5.53. The molecule has 2 aromatic rings. The molecule has 1 aromatic heterocycles. The van der Waals surface area contributed by atoms with E-state index in [0.29, 0.717) is 12.3 Å². The van der Waals surface area contributed by atoms with Crippen molar-refractivity contribution in [1.82, 2.24) is 20.2 Å². The molecule has 1 atom stereocenters. The number of rotatable bonds is 7. The van der Waals surface area contributed by atoms with Crippen molar-refractivity contribution < 1.29 is 9.53 Å². The molecule has 4 rings (SSSR count). The second kappa shape index (κ2) is 8.82. The number of benzene rings is 1. The molecule has 7 nitrogen and oxygen atoms in total. The lowest BCUT2D eigenvalue weighted by molar-refractivity contribution is -0.116. The summed E-state index contributed by atoms with van der Waals surface area (Å²) in [6.45, 7) is 6.74. The van der Waals surface area contributed by atoms with E-state index in [1.165, 1.54) is 6.42 Å². The lowest BCUT2D eigenvalue weighted by atomic mass is 10.0. The summed E-state index contributed by atoms with van der Waals surface area (Å²) in [7, 11) is 0. The maximum atomic E-state index is 12.2. The molecule has 0 radical (unpaired) electrons. The van der Waals surface area contributed by atoms with Crippen molar-refractivity contribution in [2.45, 2.75) is 25.7 Å². The highest BCUT2D eigenvalue weighted by atomic mass is 16.5. The Morgan fingerprint density at radius 1 is 1.33 bits per heavy atom. The largest absolute Gasteiger partial charge is 0.379 e. The normalized spacial score (nSPS) is 21.0. The second-order valence-corrected chi connectivity index (χ2v) is 7.57. The van der Waals surface area contributed by atoms with Crippen molar-refractivity contribution in [3.8, 4) is 0 Å². The highest BCUT2D eigenvalue weighted by Gasteiger charge is 2.16. The Morgan fingerprint density at radius 2 is 2.22 bits per heavy atom. The molecule has 3 N–H and O–H groups in total. The summed E-state index contributed by atoms with van der Waals surface area (Å²) in [5, 5.41) is 6.37. The molecular weight excluding hydrogens is 342 g/mol. The molecule has 7 heteroatoms. The van der Waals surface area contributed by atoms with Crippen LogP contribution < -0.4 is 10.6 Å². The molecule has 3 heterocycles. The molecule has 1 amide bonds. The van der Waals surface area contributed by atoms with E-state index in [2.05, 4.69) is 25.5 Å². The first-order valence-corrected chi connectivity index (χ1v) is 10.1. The maximum Gasteiger partial charge on any atom is 0.224 e. The van der Waals surface area contributed by atoms with Crippen LogP contribution in [0.15, 0.2) is 18.2 Å². The molecule has 0 bridgehead atoms. The quantitative estimate of drug-likeness (QED) is 0.691. The van der Waals surface area contributed by atoms with Crippen LogP contribution in [0.4, 0.5) is 5.69 Å². The highest BCUT2D eigenvalue weighted by Crippen LogP contribution is 2.19. The van der Waals surface area contributed by atoms with Crippen LogP contribution in [0.5, 0.6) is 0 Å². The minimum Gasteiger partial charge on any atom is -0.379 e. The van der Waals surface area contributed by atoms with E-state index >= 15 is 0 Å².